The van der Waals surface area contributed by atoms with Crippen LogP contribution in [0.5, 0.6) is 17.2 Å². The standard InChI is InChI=1S/C21H18N2O5/c1-27-15-7-6-13-17-19(15)28-11-10-23(17)21(26)16(18(13)24)20(25)22-9-8-12-4-2-3-5-14(12)22/h2-7,24H,8-11H2,1H3. The number of pyridine rings is 1. The first-order valence-corrected chi connectivity index (χ1v) is 9.11. The van der Waals surface area contributed by atoms with E-state index in [-0.39, 0.29) is 17.9 Å². The van der Waals surface area contributed by atoms with Crippen molar-refractivity contribution in [1.29, 1.82) is 0 Å². The molecule has 3 heterocycles. The van der Waals surface area contributed by atoms with Gasteiger partial charge in [-0.25, -0.2) is 0 Å². The van der Waals surface area contributed by atoms with Crippen molar-refractivity contribution < 1.29 is 19.4 Å². The van der Waals surface area contributed by atoms with E-state index in [1.165, 1.54) is 11.7 Å². The number of methoxy groups -OCH3 is 1. The first-order chi connectivity index (χ1) is 13.6. The van der Waals surface area contributed by atoms with Crippen LogP contribution in [-0.4, -0.2) is 35.8 Å². The molecule has 7 heteroatoms. The van der Waals surface area contributed by atoms with Gasteiger partial charge in [0.1, 0.15) is 23.4 Å². The first kappa shape index (κ1) is 16.7. The Morgan fingerprint density at radius 3 is 2.82 bits per heavy atom. The fraction of sp³-hybridized carbons (Fsp3) is 0.238. The summed E-state index contributed by atoms with van der Waals surface area (Å²) in [6.07, 6.45) is 0.722. The number of aromatic hydroxyl groups is 1. The van der Waals surface area contributed by atoms with Gasteiger partial charge in [0.2, 0.25) is 0 Å². The lowest BCUT2D eigenvalue weighted by atomic mass is 10.1. The number of hydrogen-bond acceptors (Lipinski definition) is 5. The molecule has 3 aromatic rings. The summed E-state index contributed by atoms with van der Waals surface area (Å²) in [7, 11) is 1.51. The van der Waals surface area contributed by atoms with Crippen molar-refractivity contribution in [3.05, 3.63) is 57.9 Å². The second-order valence-corrected chi connectivity index (χ2v) is 6.86. The highest BCUT2D eigenvalue weighted by atomic mass is 16.5. The number of hydrogen-bond donors (Lipinski definition) is 1. The average molecular weight is 378 g/mol. The topological polar surface area (TPSA) is 81.0 Å². The van der Waals surface area contributed by atoms with Gasteiger partial charge in [0.15, 0.2) is 11.5 Å². The fourth-order valence-electron chi connectivity index (χ4n) is 4.11. The molecule has 0 unspecified atom stereocenters. The van der Waals surface area contributed by atoms with Crippen LogP contribution in [0.3, 0.4) is 0 Å². The number of ether oxygens (including phenoxy) is 2. The molecule has 0 saturated heterocycles. The zero-order valence-electron chi connectivity index (χ0n) is 15.3. The van der Waals surface area contributed by atoms with Gasteiger partial charge in [-0.05, 0) is 30.2 Å². The largest absolute Gasteiger partial charge is 0.506 e. The Morgan fingerprint density at radius 1 is 1.18 bits per heavy atom. The van der Waals surface area contributed by atoms with Crippen LogP contribution in [-0.2, 0) is 13.0 Å². The summed E-state index contributed by atoms with van der Waals surface area (Å²) in [6, 6.07) is 10.9. The highest BCUT2D eigenvalue weighted by Gasteiger charge is 2.32. The Morgan fingerprint density at radius 2 is 2.00 bits per heavy atom. The van der Waals surface area contributed by atoms with Crippen LogP contribution in [0.4, 0.5) is 5.69 Å². The number of carbonyl (C=O) groups excluding carboxylic acids is 1. The minimum absolute atomic E-state index is 0.206. The van der Waals surface area contributed by atoms with E-state index < -0.39 is 11.5 Å². The lowest BCUT2D eigenvalue weighted by Gasteiger charge is -2.24. The van der Waals surface area contributed by atoms with Crippen LogP contribution < -0.4 is 19.9 Å². The molecule has 1 N–H and O–H groups in total. The van der Waals surface area contributed by atoms with Crippen molar-refractivity contribution >= 4 is 22.5 Å². The van der Waals surface area contributed by atoms with Crippen molar-refractivity contribution in [2.75, 3.05) is 25.2 Å². The number of fused-ring (bicyclic) bond motifs is 1. The highest BCUT2D eigenvalue weighted by molar-refractivity contribution is 6.12. The Kier molecular flexibility index (Phi) is 3.58. The number of benzene rings is 2. The minimum Gasteiger partial charge on any atom is -0.506 e. The second kappa shape index (κ2) is 6.02. The third-order valence-corrected chi connectivity index (χ3v) is 5.44. The zero-order valence-corrected chi connectivity index (χ0v) is 15.3. The summed E-state index contributed by atoms with van der Waals surface area (Å²) >= 11 is 0. The number of carbonyl (C=O) groups is 1. The predicted octanol–water partition coefficient (Wildman–Crippen LogP) is 2.31. The van der Waals surface area contributed by atoms with Crippen molar-refractivity contribution in [2.45, 2.75) is 13.0 Å². The molecule has 0 radical (unpaired) electrons. The molecule has 7 nitrogen and oxygen atoms in total. The maximum atomic E-state index is 13.3. The van der Waals surface area contributed by atoms with Crippen LogP contribution in [0.15, 0.2) is 41.2 Å². The van der Waals surface area contributed by atoms with Crippen LogP contribution in [0.25, 0.3) is 10.9 Å². The van der Waals surface area contributed by atoms with E-state index in [4.69, 9.17) is 9.47 Å². The number of para-hydroxylation sites is 1. The van der Waals surface area contributed by atoms with Crippen molar-refractivity contribution in [3.8, 4) is 17.2 Å². The molecule has 2 aliphatic heterocycles. The monoisotopic (exact) mass is 378 g/mol. The quantitative estimate of drug-likeness (QED) is 0.740. The van der Waals surface area contributed by atoms with E-state index in [2.05, 4.69) is 0 Å². The predicted molar refractivity (Wildman–Crippen MR) is 104 cm³/mol. The molecular formula is C21H18N2O5. The maximum absolute atomic E-state index is 13.3. The van der Waals surface area contributed by atoms with E-state index in [0.717, 1.165) is 17.7 Å². The second-order valence-electron chi connectivity index (χ2n) is 6.86. The molecule has 0 aliphatic carbocycles. The van der Waals surface area contributed by atoms with Gasteiger partial charge in [0.25, 0.3) is 11.5 Å². The van der Waals surface area contributed by atoms with E-state index in [9.17, 15) is 14.7 Å². The molecule has 2 aliphatic rings. The van der Waals surface area contributed by atoms with Gasteiger partial charge in [-0.3, -0.25) is 9.59 Å². The Hall–Kier alpha value is -3.48. The molecule has 0 spiro atoms. The summed E-state index contributed by atoms with van der Waals surface area (Å²) < 4.78 is 12.5. The van der Waals surface area contributed by atoms with Crippen LogP contribution >= 0.6 is 0 Å². The number of nitrogens with zero attached hydrogens (tertiary/aromatic N) is 2. The molecule has 28 heavy (non-hydrogen) atoms. The lowest BCUT2D eigenvalue weighted by Crippen LogP contribution is -2.37. The van der Waals surface area contributed by atoms with Crippen LogP contribution in [0.1, 0.15) is 15.9 Å². The molecule has 2 aromatic carbocycles. The van der Waals surface area contributed by atoms with Crippen molar-refractivity contribution in [2.24, 2.45) is 0 Å². The van der Waals surface area contributed by atoms with Crippen LogP contribution in [0, 0.1) is 0 Å². The normalized spacial score (nSPS) is 14.7. The van der Waals surface area contributed by atoms with Gasteiger partial charge < -0.3 is 24.0 Å². The third kappa shape index (κ3) is 2.16. The van der Waals surface area contributed by atoms with Gasteiger partial charge in [0, 0.05) is 17.6 Å². The summed E-state index contributed by atoms with van der Waals surface area (Å²) in [5, 5.41) is 11.3. The molecule has 1 amide bonds. The minimum atomic E-state index is -0.516. The Bertz CT molecular complexity index is 1200. The van der Waals surface area contributed by atoms with Gasteiger partial charge >= 0.3 is 0 Å². The molecule has 0 atom stereocenters. The van der Waals surface area contributed by atoms with Crippen LogP contribution in [0.2, 0.25) is 0 Å². The number of aromatic nitrogens is 1. The van der Waals surface area contributed by atoms with E-state index in [1.807, 2.05) is 24.3 Å². The summed E-state index contributed by atoms with van der Waals surface area (Å²) in [5.74, 6) is 0.0819. The van der Waals surface area contributed by atoms with Crippen molar-refractivity contribution in [1.82, 2.24) is 4.57 Å². The molecule has 0 fully saturated rings. The lowest BCUT2D eigenvalue weighted by molar-refractivity contribution is 0.0984. The van der Waals surface area contributed by atoms with Gasteiger partial charge in [-0.1, -0.05) is 18.2 Å². The maximum Gasteiger partial charge on any atom is 0.267 e. The first-order valence-electron chi connectivity index (χ1n) is 9.11. The Labute approximate surface area is 160 Å². The Balaban J connectivity index is 1.74. The molecule has 0 saturated carbocycles. The van der Waals surface area contributed by atoms with E-state index >= 15 is 0 Å². The van der Waals surface area contributed by atoms with E-state index in [1.54, 1.807) is 17.0 Å². The summed E-state index contributed by atoms with van der Waals surface area (Å²) in [4.78, 5) is 28.0. The molecule has 142 valence electrons. The fourth-order valence-corrected chi connectivity index (χ4v) is 4.11. The average Bonchev–Trinajstić information content (AvgIpc) is 3.15. The smallest absolute Gasteiger partial charge is 0.267 e. The number of anilines is 1. The van der Waals surface area contributed by atoms with Gasteiger partial charge in [-0.15, -0.1) is 0 Å². The zero-order chi connectivity index (χ0) is 19.4. The molecule has 0 bridgehead atoms. The summed E-state index contributed by atoms with van der Waals surface area (Å²) in [6.45, 7) is 1.06. The molecule has 5 rings (SSSR count). The molecule has 1 aromatic heterocycles. The molecular weight excluding hydrogens is 360 g/mol. The summed E-state index contributed by atoms with van der Waals surface area (Å²) in [5.41, 5.74) is 1.56. The van der Waals surface area contributed by atoms with Crippen molar-refractivity contribution in [3.63, 3.8) is 0 Å². The third-order valence-electron chi connectivity index (χ3n) is 5.44. The van der Waals surface area contributed by atoms with Gasteiger partial charge in [-0.2, -0.15) is 0 Å². The van der Waals surface area contributed by atoms with E-state index in [0.29, 0.717) is 35.5 Å². The SMILES string of the molecule is COc1ccc2c(O)c(C(=O)N3CCc4ccccc43)c(=O)n3c2c1OCC3. The highest BCUT2D eigenvalue weighted by Crippen LogP contribution is 2.41. The number of rotatable bonds is 2. The van der Waals surface area contributed by atoms with Gasteiger partial charge in [0.05, 0.1) is 13.7 Å². The number of amides is 1.